The van der Waals surface area contributed by atoms with Crippen molar-refractivity contribution in [2.75, 3.05) is 5.73 Å². The van der Waals surface area contributed by atoms with Crippen LogP contribution >= 0.6 is 23.4 Å². The van der Waals surface area contributed by atoms with E-state index in [1.165, 1.54) is 11.8 Å². The average molecular weight is 252 g/mol. The highest BCUT2D eigenvalue weighted by Crippen LogP contribution is 2.34. The van der Waals surface area contributed by atoms with Crippen molar-refractivity contribution in [2.24, 2.45) is 0 Å². The zero-order valence-electron chi connectivity index (χ0n) is 8.35. The number of phenolic OH excluding ortho intramolecular Hbond substituents is 1. The molecular weight excluding hydrogens is 242 g/mol. The van der Waals surface area contributed by atoms with Crippen LogP contribution < -0.4 is 5.73 Å². The number of anilines is 1. The Kier molecular flexibility index (Phi) is 3.27. The summed E-state index contributed by atoms with van der Waals surface area (Å²) in [5, 5.41) is 9.80. The number of hydrogen-bond donors (Lipinski definition) is 2. The fourth-order valence-corrected chi connectivity index (χ4v) is 2.36. The maximum Gasteiger partial charge on any atom is 0.115 e. The highest BCUT2D eigenvalue weighted by atomic mass is 35.5. The zero-order valence-corrected chi connectivity index (χ0v) is 9.92. The van der Waals surface area contributed by atoms with E-state index in [-0.39, 0.29) is 5.75 Å². The van der Waals surface area contributed by atoms with Crippen LogP contribution in [0.4, 0.5) is 5.69 Å². The predicted octanol–water partition coefficient (Wildman–Crippen LogP) is 3.78. The minimum absolute atomic E-state index is 0.257. The standard InChI is InChI=1S/C12H10ClNOS/c13-11-7-8(14)1-6-12(11)16-10-4-2-9(15)3-5-10/h1-7,15H,14H2. The molecule has 3 N–H and O–H groups in total. The Morgan fingerprint density at radius 3 is 2.38 bits per heavy atom. The summed E-state index contributed by atoms with van der Waals surface area (Å²) in [7, 11) is 0. The molecule has 82 valence electrons. The Bertz CT molecular complexity index is 499. The molecule has 0 radical (unpaired) electrons. The fourth-order valence-electron chi connectivity index (χ4n) is 1.24. The first kappa shape index (κ1) is 11.2. The van der Waals surface area contributed by atoms with Gasteiger partial charge in [0.15, 0.2) is 0 Å². The smallest absolute Gasteiger partial charge is 0.115 e. The van der Waals surface area contributed by atoms with E-state index in [1.54, 1.807) is 18.2 Å². The molecule has 2 aromatic carbocycles. The molecule has 0 heterocycles. The van der Waals surface area contributed by atoms with Crippen LogP contribution in [0.15, 0.2) is 52.3 Å². The van der Waals surface area contributed by atoms with E-state index in [0.29, 0.717) is 10.7 Å². The molecule has 2 aromatic rings. The third-order valence-electron chi connectivity index (χ3n) is 2.02. The van der Waals surface area contributed by atoms with Gasteiger partial charge in [0.2, 0.25) is 0 Å². The molecule has 2 rings (SSSR count). The number of halogens is 1. The lowest BCUT2D eigenvalue weighted by Crippen LogP contribution is -1.84. The van der Waals surface area contributed by atoms with Crippen LogP contribution in [0.5, 0.6) is 5.75 Å². The van der Waals surface area contributed by atoms with Crippen molar-refractivity contribution >= 4 is 29.1 Å². The SMILES string of the molecule is Nc1ccc(Sc2ccc(O)cc2)c(Cl)c1. The molecule has 2 nitrogen and oxygen atoms in total. The zero-order chi connectivity index (χ0) is 11.5. The Morgan fingerprint density at radius 1 is 1.06 bits per heavy atom. The largest absolute Gasteiger partial charge is 0.508 e. The lowest BCUT2D eigenvalue weighted by molar-refractivity contribution is 0.475. The molecule has 0 atom stereocenters. The quantitative estimate of drug-likeness (QED) is 0.799. The monoisotopic (exact) mass is 251 g/mol. The number of nitrogen functional groups attached to an aromatic ring is 1. The molecule has 0 saturated carbocycles. The van der Waals surface area contributed by atoms with Crippen molar-refractivity contribution in [1.82, 2.24) is 0 Å². The normalized spacial score (nSPS) is 10.3. The van der Waals surface area contributed by atoms with E-state index >= 15 is 0 Å². The van der Waals surface area contributed by atoms with Crippen LogP contribution in [0.2, 0.25) is 5.02 Å². The van der Waals surface area contributed by atoms with Gasteiger partial charge in [0.05, 0.1) is 5.02 Å². The van der Waals surface area contributed by atoms with Crippen LogP contribution in [-0.4, -0.2) is 5.11 Å². The van der Waals surface area contributed by atoms with Gasteiger partial charge in [-0.15, -0.1) is 0 Å². The maximum atomic E-state index is 9.16. The second-order valence-electron chi connectivity index (χ2n) is 3.29. The van der Waals surface area contributed by atoms with Gasteiger partial charge in [-0.2, -0.15) is 0 Å². The first-order valence-corrected chi connectivity index (χ1v) is 5.86. The first-order valence-electron chi connectivity index (χ1n) is 4.67. The highest BCUT2D eigenvalue weighted by molar-refractivity contribution is 7.99. The number of phenols is 1. The van der Waals surface area contributed by atoms with E-state index in [4.69, 9.17) is 22.4 Å². The second kappa shape index (κ2) is 4.68. The van der Waals surface area contributed by atoms with Gasteiger partial charge in [0.25, 0.3) is 0 Å². The summed E-state index contributed by atoms with van der Waals surface area (Å²) in [4.78, 5) is 1.96. The molecule has 0 aliphatic heterocycles. The number of benzene rings is 2. The third kappa shape index (κ3) is 2.62. The van der Waals surface area contributed by atoms with Crippen LogP contribution in [0.1, 0.15) is 0 Å². The fraction of sp³-hybridized carbons (Fsp3) is 0. The van der Waals surface area contributed by atoms with Gasteiger partial charge in [-0.1, -0.05) is 23.4 Å². The molecular formula is C12H10ClNOS. The minimum Gasteiger partial charge on any atom is -0.508 e. The van der Waals surface area contributed by atoms with E-state index in [2.05, 4.69) is 0 Å². The topological polar surface area (TPSA) is 46.2 Å². The number of rotatable bonds is 2. The summed E-state index contributed by atoms with van der Waals surface area (Å²) in [6, 6.07) is 12.4. The summed E-state index contributed by atoms with van der Waals surface area (Å²) < 4.78 is 0. The summed E-state index contributed by atoms with van der Waals surface area (Å²) in [6.45, 7) is 0. The first-order chi connectivity index (χ1) is 7.65. The van der Waals surface area contributed by atoms with Gasteiger partial charge in [-0.3, -0.25) is 0 Å². The van der Waals surface area contributed by atoms with Crippen molar-refractivity contribution in [2.45, 2.75) is 9.79 Å². The van der Waals surface area contributed by atoms with Crippen molar-refractivity contribution in [3.63, 3.8) is 0 Å². The van der Waals surface area contributed by atoms with Crippen LogP contribution in [0.3, 0.4) is 0 Å². The number of aromatic hydroxyl groups is 1. The Morgan fingerprint density at radius 2 is 1.75 bits per heavy atom. The summed E-state index contributed by atoms with van der Waals surface area (Å²) in [5.41, 5.74) is 6.27. The van der Waals surface area contributed by atoms with Crippen LogP contribution in [0, 0.1) is 0 Å². The molecule has 4 heteroatoms. The Balaban J connectivity index is 2.23. The summed E-state index contributed by atoms with van der Waals surface area (Å²) in [6.07, 6.45) is 0. The summed E-state index contributed by atoms with van der Waals surface area (Å²) in [5.74, 6) is 0.257. The molecule has 0 fully saturated rings. The maximum absolute atomic E-state index is 9.16. The van der Waals surface area contributed by atoms with Gasteiger partial charge in [0, 0.05) is 15.5 Å². The molecule has 0 amide bonds. The van der Waals surface area contributed by atoms with E-state index in [0.717, 1.165) is 9.79 Å². The molecule has 0 unspecified atom stereocenters. The molecule has 0 aliphatic rings. The van der Waals surface area contributed by atoms with Crippen molar-refractivity contribution in [3.05, 3.63) is 47.5 Å². The highest BCUT2D eigenvalue weighted by Gasteiger charge is 2.03. The van der Waals surface area contributed by atoms with Gasteiger partial charge >= 0.3 is 0 Å². The average Bonchev–Trinajstić information content (AvgIpc) is 2.25. The van der Waals surface area contributed by atoms with Gasteiger partial charge in [0.1, 0.15) is 5.75 Å². The van der Waals surface area contributed by atoms with Gasteiger partial charge in [-0.05, 0) is 42.5 Å². The number of hydrogen-bond acceptors (Lipinski definition) is 3. The Hall–Kier alpha value is -1.32. The predicted molar refractivity (Wildman–Crippen MR) is 68.1 cm³/mol. The number of nitrogens with two attached hydrogens (primary N) is 1. The molecule has 0 aliphatic carbocycles. The molecule has 0 spiro atoms. The van der Waals surface area contributed by atoms with Crippen LogP contribution in [-0.2, 0) is 0 Å². The van der Waals surface area contributed by atoms with Crippen molar-refractivity contribution in [3.8, 4) is 5.75 Å². The van der Waals surface area contributed by atoms with E-state index in [1.807, 2.05) is 24.3 Å². The van der Waals surface area contributed by atoms with Crippen molar-refractivity contribution in [1.29, 1.82) is 0 Å². The van der Waals surface area contributed by atoms with Crippen LogP contribution in [0.25, 0.3) is 0 Å². The molecule has 0 aromatic heterocycles. The van der Waals surface area contributed by atoms with Gasteiger partial charge in [-0.25, -0.2) is 0 Å². The third-order valence-corrected chi connectivity index (χ3v) is 3.53. The minimum atomic E-state index is 0.257. The van der Waals surface area contributed by atoms with Crippen molar-refractivity contribution < 1.29 is 5.11 Å². The molecule has 16 heavy (non-hydrogen) atoms. The Labute approximate surface area is 103 Å². The van der Waals surface area contributed by atoms with Gasteiger partial charge < -0.3 is 10.8 Å². The molecule has 0 saturated heterocycles. The lowest BCUT2D eigenvalue weighted by Gasteiger charge is -2.05. The second-order valence-corrected chi connectivity index (χ2v) is 4.81. The lowest BCUT2D eigenvalue weighted by atomic mass is 10.3. The molecule has 0 bridgehead atoms. The summed E-state index contributed by atoms with van der Waals surface area (Å²) >= 11 is 7.59. The van der Waals surface area contributed by atoms with E-state index < -0.39 is 0 Å². The van der Waals surface area contributed by atoms with E-state index in [9.17, 15) is 0 Å².